The molecule has 0 aliphatic rings. The van der Waals surface area contributed by atoms with Crippen LogP contribution in [0, 0.1) is 0 Å². The molecule has 68 heavy (non-hydrogen) atoms. The summed E-state index contributed by atoms with van der Waals surface area (Å²) in [5, 5.41) is 4.55. The molecule has 0 radical (unpaired) electrons. The van der Waals surface area contributed by atoms with Gasteiger partial charge in [-0.05, 0) is 87.0 Å². The Bertz CT molecular complexity index is 3970. The van der Waals surface area contributed by atoms with Crippen LogP contribution in [0.15, 0.2) is 247 Å². The van der Waals surface area contributed by atoms with Gasteiger partial charge in [-0.1, -0.05) is 200 Å². The maximum Gasteiger partial charge on any atom is 0.164 e. The molecule has 10 aromatic carbocycles. The lowest BCUT2D eigenvalue weighted by atomic mass is 9.93. The second-order valence-corrected chi connectivity index (χ2v) is 17.2. The number of furan rings is 1. The molecular weight excluding hydrogens is 829 g/mol. The van der Waals surface area contributed by atoms with Gasteiger partial charge in [0.15, 0.2) is 17.5 Å². The Balaban J connectivity index is 0.997. The normalized spacial score (nSPS) is 11.5. The largest absolute Gasteiger partial charge is 0.456 e. The van der Waals surface area contributed by atoms with E-state index in [0.29, 0.717) is 17.5 Å². The van der Waals surface area contributed by atoms with E-state index in [1.807, 2.05) is 42.5 Å². The lowest BCUT2D eigenvalue weighted by Gasteiger charge is -2.13. The van der Waals surface area contributed by atoms with Gasteiger partial charge in [-0.15, -0.1) is 0 Å². The summed E-state index contributed by atoms with van der Waals surface area (Å²) in [6.45, 7) is 0. The summed E-state index contributed by atoms with van der Waals surface area (Å²) in [4.78, 5) is 15.2. The average molecular weight is 869 g/mol. The Hall–Kier alpha value is -9.19. The lowest BCUT2D eigenvalue weighted by molar-refractivity contribution is 0.669. The third-order valence-electron chi connectivity index (χ3n) is 13.1. The van der Waals surface area contributed by atoms with Gasteiger partial charge in [0.25, 0.3) is 0 Å². The third kappa shape index (κ3) is 6.84. The molecule has 0 spiro atoms. The molecule has 318 valence electrons. The molecule has 3 heterocycles. The molecule has 0 bridgehead atoms. The molecule has 0 aliphatic carbocycles. The van der Waals surface area contributed by atoms with Gasteiger partial charge in [-0.25, -0.2) is 15.0 Å². The van der Waals surface area contributed by atoms with E-state index in [4.69, 9.17) is 19.4 Å². The van der Waals surface area contributed by atoms with Crippen molar-refractivity contribution in [3.8, 4) is 84.4 Å². The van der Waals surface area contributed by atoms with Crippen LogP contribution < -0.4 is 0 Å². The Morgan fingerprint density at radius 2 is 0.735 bits per heavy atom. The number of aromatic nitrogens is 4. The van der Waals surface area contributed by atoms with Crippen molar-refractivity contribution in [1.82, 2.24) is 19.5 Å². The first-order chi connectivity index (χ1) is 33.7. The van der Waals surface area contributed by atoms with Crippen molar-refractivity contribution in [3.63, 3.8) is 0 Å². The Morgan fingerprint density at radius 3 is 1.35 bits per heavy atom. The minimum absolute atomic E-state index is 0.614. The van der Waals surface area contributed by atoms with Crippen molar-refractivity contribution in [2.24, 2.45) is 0 Å². The molecule has 0 fully saturated rings. The highest BCUT2D eigenvalue weighted by Crippen LogP contribution is 2.45. The average Bonchev–Trinajstić information content (AvgIpc) is 3.97. The second kappa shape index (κ2) is 16.4. The first-order valence-electron chi connectivity index (χ1n) is 22.9. The summed E-state index contributed by atoms with van der Waals surface area (Å²) in [6, 6.07) is 85.4. The molecule has 0 unspecified atom stereocenters. The van der Waals surface area contributed by atoms with Crippen LogP contribution in [-0.4, -0.2) is 19.5 Å². The van der Waals surface area contributed by atoms with E-state index in [-0.39, 0.29) is 0 Å². The molecule has 0 atom stereocenters. The van der Waals surface area contributed by atoms with Crippen LogP contribution in [0.4, 0.5) is 0 Å². The van der Waals surface area contributed by atoms with Crippen LogP contribution in [0.2, 0.25) is 0 Å². The highest BCUT2D eigenvalue weighted by molar-refractivity contribution is 6.19. The van der Waals surface area contributed by atoms with E-state index in [2.05, 4.69) is 205 Å². The summed E-state index contributed by atoms with van der Waals surface area (Å²) in [5.41, 5.74) is 16.9. The summed E-state index contributed by atoms with van der Waals surface area (Å²) in [7, 11) is 0. The maximum atomic E-state index is 6.48. The number of hydrogen-bond acceptors (Lipinski definition) is 4. The molecule has 0 amide bonds. The van der Waals surface area contributed by atoms with Crippen molar-refractivity contribution < 1.29 is 4.42 Å². The van der Waals surface area contributed by atoms with E-state index in [0.717, 1.165) is 88.7 Å². The fourth-order valence-corrected chi connectivity index (χ4v) is 9.78. The van der Waals surface area contributed by atoms with Crippen LogP contribution >= 0.6 is 0 Å². The van der Waals surface area contributed by atoms with Gasteiger partial charge >= 0.3 is 0 Å². The molecule has 13 rings (SSSR count). The van der Waals surface area contributed by atoms with Crippen LogP contribution in [-0.2, 0) is 0 Å². The standard InChI is InChI=1S/C63H40N4O/c1-5-16-41(17-6-1)43-28-32-47(33-29-43)62-64-61(46-22-11-4-12-23-46)65-63(66-62)48-34-30-44(31-35-48)50-39-52(45-20-9-3-10-21-45)59-53-38-49(42-18-7-2-8-19-42)36-37-54(53)67(56(59)40-50)55-25-15-27-58-60(55)51-24-13-14-26-57(51)68-58/h1-40H. The summed E-state index contributed by atoms with van der Waals surface area (Å²) < 4.78 is 8.93. The highest BCUT2D eigenvalue weighted by atomic mass is 16.3. The van der Waals surface area contributed by atoms with Crippen LogP contribution in [0.3, 0.4) is 0 Å². The zero-order chi connectivity index (χ0) is 45.0. The van der Waals surface area contributed by atoms with Crippen LogP contribution in [0.5, 0.6) is 0 Å². The number of rotatable bonds is 8. The quantitative estimate of drug-likeness (QED) is 0.153. The first kappa shape index (κ1) is 39.2. The molecule has 0 N–H and O–H groups in total. The summed E-state index contributed by atoms with van der Waals surface area (Å²) in [5.74, 6) is 1.87. The SMILES string of the molecule is c1ccc(-c2ccc(-c3nc(-c4ccccc4)nc(-c4ccc(-c5cc(-c6ccccc6)c6c7cc(-c8ccccc8)ccc7n(-c7cccc8oc9ccccc9c78)c6c5)cc4)n3)cc2)cc1. The van der Waals surface area contributed by atoms with E-state index in [1.165, 1.54) is 21.9 Å². The first-order valence-corrected chi connectivity index (χ1v) is 22.9. The molecule has 0 aliphatic heterocycles. The fraction of sp³-hybridized carbons (Fsp3) is 0. The second-order valence-electron chi connectivity index (χ2n) is 17.2. The molecule has 5 heteroatoms. The number of nitrogens with zero attached hydrogens (tertiary/aromatic N) is 4. The summed E-state index contributed by atoms with van der Waals surface area (Å²) in [6.07, 6.45) is 0. The number of benzene rings is 10. The van der Waals surface area contributed by atoms with Crippen molar-refractivity contribution >= 4 is 43.7 Å². The van der Waals surface area contributed by atoms with E-state index < -0.39 is 0 Å². The Morgan fingerprint density at radius 1 is 0.279 bits per heavy atom. The fourth-order valence-electron chi connectivity index (χ4n) is 9.78. The minimum atomic E-state index is 0.614. The van der Waals surface area contributed by atoms with Gasteiger partial charge in [0, 0.05) is 32.8 Å². The van der Waals surface area contributed by atoms with E-state index in [9.17, 15) is 0 Å². The van der Waals surface area contributed by atoms with Gasteiger partial charge in [0.1, 0.15) is 11.2 Å². The van der Waals surface area contributed by atoms with Gasteiger partial charge in [0.05, 0.1) is 22.1 Å². The zero-order valence-corrected chi connectivity index (χ0v) is 36.8. The molecule has 0 saturated heterocycles. The predicted molar refractivity (Wildman–Crippen MR) is 279 cm³/mol. The van der Waals surface area contributed by atoms with Crippen molar-refractivity contribution in [2.75, 3.05) is 0 Å². The molecule has 13 aromatic rings. The topological polar surface area (TPSA) is 56.7 Å². The van der Waals surface area contributed by atoms with Crippen molar-refractivity contribution in [3.05, 3.63) is 243 Å². The highest BCUT2D eigenvalue weighted by Gasteiger charge is 2.22. The molecule has 3 aromatic heterocycles. The summed E-state index contributed by atoms with van der Waals surface area (Å²) >= 11 is 0. The van der Waals surface area contributed by atoms with E-state index in [1.54, 1.807) is 0 Å². The zero-order valence-electron chi connectivity index (χ0n) is 36.8. The minimum Gasteiger partial charge on any atom is -0.456 e. The van der Waals surface area contributed by atoms with Gasteiger partial charge in [-0.3, -0.25) is 0 Å². The van der Waals surface area contributed by atoms with E-state index >= 15 is 0 Å². The number of fused-ring (bicyclic) bond motifs is 6. The van der Waals surface area contributed by atoms with Gasteiger partial charge in [-0.2, -0.15) is 0 Å². The Kier molecular flexibility index (Phi) is 9.43. The number of hydrogen-bond donors (Lipinski definition) is 0. The van der Waals surface area contributed by atoms with Crippen molar-refractivity contribution in [2.45, 2.75) is 0 Å². The molecular formula is C63H40N4O. The monoisotopic (exact) mass is 868 g/mol. The van der Waals surface area contributed by atoms with Crippen LogP contribution in [0.1, 0.15) is 0 Å². The lowest BCUT2D eigenvalue weighted by Crippen LogP contribution is -2.00. The predicted octanol–water partition coefficient (Wildman–Crippen LogP) is 16.5. The smallest absolute Gasteiger partial charge is 0.164 e. The number of para-hydroxylation sites is 1. The van der Waals surface area contributed by atoms with Gasteiger partial charge in [0.2, 0.25) is 0 Å². The van der Waals surface area contributed by atoms with Gasteiger partial charge < -0.3 is 8.98 Å². The Labute approximate surface area is 392 Å². The van der Waals surface area contributed by atoms with Crippen LogP contribution in [0.25, 0.3) is 128 Å². The van der Waals surface area contributed by atoms with Crippen molar-refractivity contribution in [1.29, 1.82) is 0 Å². The molecule has 0 saturated carbocycles. The third-order valence-corrected chi connectivity index (χ3v) is 13.1. The molecule has 5 nitrogen and oxygen atoms in total. The maximum absolute atomic E-state index is 6.48.